The van der Waals surface area contributed by atoms with Gasteiger partial charge in [0, 0.05) is 11.8 Å². The normalized spacial score (nSPS) is 10.1. The van der Waals surface area contributed by atoms with Gasteiger partial charge in [-0.05, 0) is 19.6 Å². The molecular formula is C9H14N2OS. The number of aromatic nitrogens is 2. The third kappa shape index (κ3) is 3.22. The van der Waals surface area contributed by atoms with E-state index in [1.807, 2.05) is 19.9 Å². The van der Waals surface area contributed by atoms with Gasteiger partial charge in [-0.3, -0.25) is 0 Å². The summed E-state index contributed by atoms with van der Waals surface area (Å²) in [6.45, 7) is 6.62. The minimum absolute atomic E-state index is 0.646. The lowest BCUT2D eigenvalue weighted by Gasteiger charge is -2.04. The maximum absolute atomic E-state index is 5.31. The van der Waals surface area contributed by atoms with E-state index in [4.69, 9.17) is 4.74 Å². The lowest BCUT2D eigenvalue weighted by atomic mass is 10.4. The van der Waals surface area contributed by atoms with Gasteiger partial charge in [0.25, 0.3) is 0 Å². The van der Waals surface area contributed by atoms with Crippen molar-refractivity contribution < 1.29 is 4.74 Å². The van der Waals surface area contributed by atoms with Crippen molar-refractivity contribution in [2.45, 2.75) is 25.9 Å². The van der Waals surface area contributed by atoms with Crippen molar-refractivity contribution in [1.29, 1.82) is 0 Å². The van der Waals surface area contributed by atoms with Crippen LogP contribution in [0.15, 0.2) is 11.2 Å². The first-order valence-corrected chi connectivity index (χ1v) is 5.36. The average molecular weight is 198 g/mol. The first-order valence-electron chi connectivity index (χ1n) is 4.37. The quantitative estimate of drug-likeness (QED) is 0.549. The van der Waals surface area contributed by atoms with Gasteiger partial charge in [0.2, 0.25) is 5.88 Å². The maximum atomic E-state index is 5.31. The molecule has 0 unspecified atom stereocenters. The molecule has 0 aliphatic heterocycles. The van der Waals surface area contributed by atoms with E-state index in [1.165, 1.54) is 0 Å². The zero-order chi connectivity index (χ0) is 9.68. The fourth-order valence-corrected chi connectivity index (χ4v) is 1.55. The Bertz CT molecular complexity index is 254. The minimum Gasteiger partial charge on any atom is -0.478 e. The summed E-state index contributed by atoms with van der Waals surface area (Å²) in [4.78, 5) is 8.52. The Morgan fingerprint density at radius 3 is 2.77 bits per heavy atom. The molecule has 0 amide bonds. The monoisotopic (exact) mass is 198 g/mol. The van der Waals surface area contributed by atoms with Crippen LogP contribution in [0.5, 0.6) is 5.88 Å². The average Bonchev–Trinajstić information content (AvgIpc) is 2.04. The van der Waals surface area contributed by atoms with Crippen LogP contribution in [0.4, 0.5) is 0 Å². The molecule has 0 aliphatic rings. The van der Waals surface area contributed by atoms with Gasteiger partial charge in [-0.2, -0.15) is 4.98 Å². The summed E-state index contributed by atoms with van der Waals surface area (Å²) in [7, 11) is 0. The first kappa shape index (κ1) is 10.3. The number of ether oxygens (including phenoxy) is 1. The molecule has 4 heteroatoms. The Labute approximate surface area is 82.9 Å². The van der Waals surface area contributed by atoms with E-state index in [-0.39, 0.29) is 0 Å². The van der Waals surface area contributed by atoms with Crippen LogP contribution in [0, 0.1) is 6.92 Å². The lowest BCUT2D eigenvalue weighted by Crippen LogP contribution is -1.98. The molecule has 13 heavy (non-hydrogen) atoms. The third-order valence-electron chi connectivity index (χ3n) is 1.38. The summed E-state index contributed by atoms with van der Waals surface area (Å²) in [6, 6.07) is 1.85. The number of aryl methyl sites for hydroxylation is 1. The molecule has 0 saturated heterocycles. The zero-order valence-corrected chi connectivity index (χ0v) is 9.02. The Balaban J connectivity index is 2.83. The molecule has 0 fully saturated rings. The van der Waals surface area contributed by atoms with Gasteiger partial charge in [-0.1, -0.05) is 18.7 Å². The van der Waals surface area contributed by atoms with E-state index >= 15 is 0 Å². The van der Waals surface area contributed by atoms with Gasteiger partial charge in [-0.25, -0.2) is 4.98 Å². The van der Waals surface area contributed by atoms with Gasteiger partial charge in [0.05, 0.1) is 6.61 Å². The van der Waals surface area contributed by atoms with Crippen LogP contribution >= 0.6 is 11.8 Å². The van der Waals surface area contributed by atoms with Crippen LogP contribution < -0.4 is 4.74 Å². The van der Waals surface area contributed by atoms with Crippen molar-refractivity contribution in [3.63, 3.8) is 0 Å². The van der Waals surface area contributed by atoms with E-state index in [0.717, 1.165) is 16.6 Å². The van der Waals surface area contributed by atoms with Gasteiger partial charge < -0.3 is 4.74 Å². The minimum atomic E-state index is 0.646. The molecular weight excluding hydrogens is 184 g/mol. The maximum Gasteiger partial charge on any atom is 0.217 e. The Kier molecular flexibility index (Phi) is 4.02. The number of rotatable bonds is 4. The molecule has 0 bridgehead atoms. The largest absolute Gasteiger partial charge is 0.478 e. The second kappa shape index (κ2) is 5.07. The smallest absolute Gasteiger partial charge is 0.217 e. The van der Waals surface area contributed by atoms with E-state index in [9.17, 15) is 0 Å². The third-order valence-corrected chi connectivity index (χ3v) is 2.11. The fraction of sp³-hybridized carbons (Fsp3) is 0.556. The van der Waals surface area contributed by atoms with Crippen molar-refractivity contribution >= 4 is 11.8 Å². The van der Waals surface area contributed by atoms with Gasteiger partial charge in [0.1, 0.15) is 0 Å². The van der Waals surface area contributed by atoms with Gasteiger partial charge in [-0.15, -0.1) is 0 Å². The molecule has 72 valence electrons. The van der Waals surface area contributed by atoms with E-state index in [1.54, 1.807) is 11.8 Å². The number of thioether (sulfide) groups is 1. The highest BCUT2D eigenvalue weighted by Gasteiger charge is 2.01. The summed E-state index contributed by atoms with van der Waals surface area (Å²) >= 11 is 1.63. The van der Waals surface area contributed by atoms with Gasteiger partial charge in [0.15, 0.2) is 5.16 Å². The zero-order valence-electron chi connectivity index (χ0n) is 8.20. The van der Waals surface area contributed by atoms with Gasteiger partial charge >= 0.3 is 0 Å². The summed E-state index contributed by atoms with van der Waals surface area (Å²) in [5, 5.41) is 0.797. The van der Waals surface area contributed by atoms with Crippen LogP contribution in [0.25, 0.3) is 0 Å². The highest BCUT2D eigenvalue weighted by Crippen LogP contribution is 2.17. The summed E-state index contributed by atoms with van der Waals surface area (Å²) in [6.07, 6.45) is 0. The first-order chi connectivity index (χ1) is 6.26. The lowest BCUT2D eigenvalue weighted by molar-refractivity contribution is 0.322. The van der Waals surface area contributed by atoms with Crippen LogP contribution in [0.3, 0.4) is 0 Å². The van der Waals surface area contributed by atoms with Crippen LogP contribution in [-0.2, 0) is 0 Å². The van der Waals surface area contributed by atoms with Crippen molar-refractivity contribution in [2.24, 2.45) is 0 Å². The molecule has 1 aromatic heterocycles. The van der Waals surface area contributed by atoms with E-state index in [0.29, 0.717) is 12.5 Å². The second-order valence-corrected chi connectivity index (χ2v) is 3.73. The van der Waals surface area contributed by atoms with Crippen molar-refractivity contribution in [1.82, 2.24) is 9.97 Å². The van der Waals surface area contributed by atoms with Crippen molar-refractivity contribution in [3.05, 3.63) is 11.8 Å². The number of nitrogens with zero attached hydrogens (tertiary/aromatic N) is 2. The molecule has 1 heterocycles. The second-order valence-electron chi connectivity index (χ2n) is 2.50. The summed E-state index contributed by atoms with van der Waals surface area (Å²) < 4.78 is 5.31. The van der Waals surface area contributed by atoms with E-state index < -0.39 is 0 Å². The highest BCUT2D eigenvalue weighted by molar-refractivity contribution is 7.99. The number of hydrogen-bond acceptors (Lipinski definition) is 4. The topological polar surface area (TPSA) is 35.0 Å². The summed E-state index contributed by atoms with van der Waals surface area (Å²) in [5.74, 6) is 1.65. The van der Waals surface area contributed by atoms with Crippen LogP contribution in [0.1, 0.15) is 19.5 Å². The van der Waals surface area contributed by atoms with E-state index in [2.05, 4.69) is 16.9 Å². The predicted molar refractivity (Wildman–Crippen MR) is 54.3 cm³/mol. The standard InChI is InChI=1S/C9H14N2OS/c1-4-12-8-6-7(3)10-9(11-8)13-5-2/h6H,4-5H2,1-3H3. The predicted octanol–water partition coefficient (Wildman–Crippen LogP) is 2.30. The summed E-state index contributed by atoms with van der Waals surface area (Å²) in [5.41, 5.74) is 0.953. The molecule has 0 N–H and O–H groups in total. The SMILES string of the molecule is CCOc1cc(C)nc(SCC)n1. The van der Waals surface area contributed by atoms with Crippen molar-refractivity contribution in [2.75, 3.05) is 12.4 Å². The Morgan fingerprint density at radius 1 is 1.38 bits per heavy atom. The van der Waals surface area contributed by atoms with Crippen molar-refractivity contribution in [3.8, 4) is 5.88 Å². The molecule has 0 saturated carbocycles. The molecule has 3 nitrogen and oxygen atoms in total. The molecule has 0 aliphatic carbocycles. The Hall–Kier alpha value is -0.770. The number of hydrogen-bond donors (Lipinski definition) is 0. The molecule has 1 rings (SSSR count). The van der Waals surface area contributed by atoms with Crippen LogP contribution in [-0.4, -0.2) is 22.3 Å². The molecule has 1 aromatic rings. The molecule has 0 radical (unpaired) electrons. The molecule has 0 spiro atoms. The fourth-order valence-electron chi connectivity index (χ4n) is 0.929. The molecule has 0 aromatic carbocycles. The van der Waals surface area contributed by atoms with Crippen LogP contribution in [0.2, 0.25) is 0 Å². The Morgan fingerprint density at radius 2 is 2.15 bits per heavy atom. The highest BCUT2D eigenvalue weighted by atomic mass is 32.2. The molecule has 0 atom stereocenters.